The summed E-state index contributed by atoms with van der Waals surface area (Å²) in [6, 6.07) is 9.80. The average molecular weight is 382 g/mol. The van der Waals surface area contributed by atoms with Crippen LogP contribution >= 0.6 is 0 Å². The van der Waals surface area contributed by atoms with Crippen LogP contribution in [0.25, 0.3) is 0 Å². The third kappa shape index (κ3) is 3.89. The van der Waals surface area contributed by atoms with E-state index in [0.717, 1.165) is 25.2 Å². The van der Waals surface area contributed by atoms with Crippen molar-refractivity contribution in [1.82, 2.24) is 14.8 Å². The van der Waals surface area contributed by atoms with Gasteiger partial charge >= 0.3 is 0 Å². The van der Waals surface area contributed by atoms with Gasteiger partial charge in [0.15, 0.2) is 0 Å². The number of halogens is 1. The minimum absolute atomic E-state index is 0.0874. The lowest BCUT2D eigenvalue weighted by Crippen LogP contribution is -2.51. The highest BCUT2D eigenvalue weighted by atomic mass is 19.1. The van der Waals surface area contributed by atoms with Gasteiger partial charge in [-0.15, -0.1) is 0 Å². The summed E-state index contributed by atoms with van der Waals surface area (Å²) in [4.78, 5) is 35.5. The van der Waals surface area contributed by atoms with Crippen LogP contribution in [0.15, 0.2) is 48.8 Å². The molecule has 2 aliphatic rings. The van der Waals surface area contributed by atoms with Crippen molar-refractivity contribution < 1.29 is 14.0 Å². The summed E-state index contributed by atoms with van der Waals surface area (Å²) in [7, 11) is 0. The molecule has 7 heteroatoms. The smallest absolute Gasteiger partial charge is 0.239 e. The van der Waals surface area contributed by atoms with E-state index in [2.05, 4.69) is 9.88 Å². The van der Waals surface area contributed by atoms with Gasteiger partial charge in [0.05, 0.1) is 0 Å². The second-order valence-electron chi connectivity index (χ2n) is 7.27. The van der Waals surface area contributed by atoms with Gasteiger partial charge in [-0.25, -0.2) is 4.39 Å². The van der Waals surface area contributed by atoms with E-state index in [-0.39, 0.29) is 17.6 Å². The lowest BCUT2D eigenvalue weighted by Gasteiger charge is -2.35. The third-order valence-corrected chi connectivity index (χ3v) is 5.45. The van der Waals surface area contributed by atoms with Crippen molar-refractivity contribution in [3.63, 3.8) is 0 Å². The van der Waals surface area contributed by atoms with Crippen molar-refractivity contribution in [2.24, 2.45) is 5.92 Å². The molecule has 2 fully saturated rings. The molecule has 1 aromatic heterocycles. The van der Waals surface area contributed by atoms with Crippen LogP contribution in [-0.4, -0.2) is 59.3 Å². The number of anilines is 1. The molecule has 0 saturated carbocycles. The molecule has 2 aliphatic heterocycles. The summed E-state index contributed by atoms with van der Waals surface area (Å²) < 4.78 is 13.1. The number of amides is 2. The van der Waals surface area contributed by atoms with Crippen LogP contribution < -0.4 is 4.90 Å². The van der Waals surface area contributed by atoms with Gasteiger partial charge in [0, 0.05) is 57.3 Å². The summed E-state index contributed by atoms with van der Waals surface area (Å²) in [5.41, 5.74) is 1.80. The Hall–Kier alpha value is -2.80. The van der Waals surface area contributed by atoms with Gasteiger partial charge in [-0.1, -0.05) is 6.07 Å². The third-order valence-electron chi connectivity index (χ3n) is 5.45. The molecule has 1 aromatic carbocycles. The highest BCUT2D eigenvalue weighted by Crippen LogP contribution is 2.27. The van der Waals surface area contributed by atoms with Crippen LogP contribution in [0.4, 0.5) is 10.1 Å². The fourth-order valence-electron chi connectivity index (χ4n) is 3.88. The molecule has 2 aromatic rings. The zero-order valence-corrected chi connectivity index (χ0v) is 15.6. The van der Waals surface area contributed by atoms with E-state index in [9.17, 15) is 14.0 Å². The second-order valence-corrected chi connectivity index (χ2v) is 7.27. The first kappa shape index (κ1) is 18.6. The largest absolute Gasteiger partial charge is 0.339 e. The van der Waals surface area contributed by atoms with Crippen molar-refractivity contribution >= 4 is 17.5 Å². The molecule has 146 valence electrons. The Labute approximate surface area is 163 Å². The molecule has 1 atom stereocenters. The Balaban J connectivity index is 1.33. The Bertz CT molecular complexity index is 835. The van der Waals surface area contributed by atoms with Gasteiger partial charge in [-0.05, 0) is 42.3 Å². The number of hydrogen-bond acceptors (Lipinski definition) is 4. The lowest BCUT2D eigenvalue weighted by atomic mass is 10.1. The summed E-state index contributed by atoms with van der Waals surface area (Å²) in [5.74, 6) is -1.24. The number of aromatic nitrogens is 1. The van der Waals surface area contributed by atoms with Crippen LogP contribution in [0.1, 0.15) is 12.0 Å². The van der Waals surface area contributed by atoms with Crippen molar-refractivity contribution in [2.45, 2.75) is 13.0 Å². The van der Waals surface area contributed by atoms with Crippen molar-refractivity contribution in [2.75, 3.05) is 37.6 Å². The minimum Gasteiger partial charge on any atom is -0.339 e. The molecule has 0 radical (unpaired) electrons. The average Bonchev–Trinajstić information content (AvgIpc) is 3.11. The Morgan fingerprint density at radius 3 is 2.50 bits per heavy atom. The van der Waals surface area contributed by atoms with Crippen LogP contribution in [-0.2, 0) is 16.1 Å². The predicted octanol–water partition coefficient (Wildman–Crippen LogP) is 1.92. The van der Waals surface area contributed by atoms with E-state index in [1.165, 1.54) is 12.1 Å². The fourth-order valence-corrected chi connectivity index (χ4v) is 3.88. The van der Waals surface area contributed by atoms with Crippen molar-refractivity contribution in [1.29, 1.82) is 0 Å². The van der Waals surface area contributed by atoms with Crippen LogP contribution in [0, 0.1) is 11.7 Å². The second kappa shape index (κ2) is 8.06. The van der Waals surface area contributed by atoms with E-state index in [4.69, 9.17) is 0 Å². The highest BCUT2D eigenvalue weighted by molar-refractivity contribution is 6.09. The first-order valence-corrected chi connectivity index (χ1v) is 9.59. The SMILES string of the molecule is O=C(C1CCN(c2ccc(F)cc2)C1=O)N1CCN(Cc2cccnc2)CC1. The summed E-state index contributed by atoms with van der Waals surface area (Å²) in [6.07, 6.45) is 4.12. The first-order valence-electron chi connectivity index (χ1n) is 9.59. The lowest BCUT2D eigenvalue weighted by molar-refractivity contribution is -0.141. The van der Waals surface area contributed by atoms with E-state index in [1.54, 1.807) is 28.1 Å². The molecule has 4 rings (SSSR count). The van der Waals surface area contributed by atoms with Crippen LogP contribution in [0.2, 0.25) is 0 Å². The predicted molar refractivity (Wildman–Crippen MR) is 103 cm³/mol. The summed E-state index contributed by atoms with van der Waals surface area (Å²) in [6.45, 7) is 4.11. The maximum absolute atomic E-state index is 13.1. The Morgan fingerprint density at radius 2 is 1.82 bits per heavy atom. The summed E-state index contributed by atoms with van der Waals surface area (Å²) in [5, 5.41) is 0. The number of nitrogens with zero attached hydrogens (tertiary/aromatic N) is 4. The van der Waals surface area contributed by atoms with E-state index in [1.807, 2.05) is 18.3 Å². The molecule has 0 N–H and O–H groups in total. The number of rotatable bonds is 4. The fraction of sp³-hybridized carbons (Fsp3) is 0.381. The molecule has 2 amide bonds. The molecule has 1 unspecified atom stereocenters. The maximum Gasteiger partial charge on any atom is 0.239 e. The number of benzene rings is 1. The molecule has 0 aliphatic carbocycles. The van der Waals surface area contributed by atoms with Crippen molar-refractivity contribution in [3.8, 4) is 0 Å². The Kier molecular flexibility index (Phi) is 5.34. The van der Waals surface area contributed by atoms with Crippen LogP contribution in [0.3, 0.4) is 0 Å². The monoisotopic (exact) mass is 382 g/mol. The molecule has 6 nitrogen and oxygen atoms in total. The molecule has 0 spiro atoms. The topological polar surface area (TPSA) is 56.8 Å². The standard InChI is InChI=1S/C21H23FN4O2/c22-17-3-5-18(6-4-17)26-9-7-19(21(26)28)20(27)25-12-10-24(11-13-25)15-16-2-1-8-23-14-16/h1-6,8,14,19H,7,9-13,15H2. The molecular weight excluding hydrogens is 359 g/mol. The normalized spacial score (nSPS) is 20.6. The van der Waals surface area contributed by atoms with Gasteiger partial charge < -0.3 is 9.80 Å². The van der Waals surface area contributed by atoms with Crippen LogP contribution in [0.5, 0.6) is 0 Å². The number of hydrogen-bond donors (Lipinski definition) is 0. The Morgan fingerprint density at radius 1 is 1.07 bits per heavy atom. The molecule has 28 heavy (non-hydrogen) atoms. The van der Waals surface area contributed by atoms with Gasteiger partial charge in [0.1, 0.15) is 11.7 Å². The van der Waals surface area contributed by atoms with Gasteiger partial charge in [-0.3, -0.25) is 19.5 Å². The molecule has 3 heterocycles. The zero-order valence-electron chi connectivity index (χ0n) is 15.6. The zero-order chi connectivity index (χ0) is 19.5. The number of piperazine rings is 1. The van der Waals surface area contributed by atoms with E-state index < -0.39 is 5.92 Å². The minimum atomic E-state index is -0.630. The van der Waals surface area contributed by atoms with E-state index >= 15 is 0 Å². The molecule has 2 saturated heterocycles. The quantitative estimate of drug-likeness (QED) is 0.758. The van der Waals surface area contributed by atoms with Crippen molar-refractivity contribution in [3.05, 3.63) is 60.2 Å². The maximum atomic E-state index is 13.1. The number of pyridine rings is 1. The van der Waals surface area contributed by atoms with Gasteiger partial charge in [0.25, 0.3) is 0 Å². The number of carbonyl (C=O) groups is 2. The van der Waals surface area contributed by atoms with Gasteiger partial charge in [0.2, 0.25) is 11.8 Å². The highest BCUT2D eigenvalue weighted by Gasteiger charge is 2.40. The van der Waals surface area contributed by atoms with Gasteiger partial charge in [-0.2, -0.15) is 0 Å². The first-order chi connectivity index (χ1) is 13.6. The molecule has 0 bridgehead atoms. The summed E-state index contributed by atoms with van der Waals surface area (Å²) >= 11 is 0. The van der Waals surface area contributed by atoms with E-state index in [0.29, 0.717) is 31.7 Å². The molecular formula is C21H23FN4O2. The number of carbonyl (C=O) groups excluding carboxylic acids is 2.